The zero-order valence-corrected chi connectivity index (χ0v) is 9.93. The lowest BCUT2D eigenvalue weighted by atomic mass is 9.92. The molecule has 1 rings (SSSR count). The summed E-state index contributed by atoms with van der Waals surface area (Å²) in [7, 11) is 0. The van der Waals surface area contributed by atoms with Crippen LogP contribution in [0.25, 0.3) is 0 Å². The summed E-state index contributed by atoms with van der Waals surface area (Å²) < 4.78 is 0. The quantitative estimate of drug-likeness (QED) is 0.665. The predicted octanol–water partition coefficient (Wildman–Crippen LogP) is 1.70. The van der Waals surface area contributed by atoms with Crippen molar-refractivity contribution in [2.45, 2.75) is 38.9 Å². The predicted molar refractivity (Wildman–Crippen MR) is 65.6 cm³/mol. The van der Waals surface area contributed by atoms with Gasteiger partial charge in [0.15, 0.2) is 0 Å². The van der Waals surface area contributed by atoms with E-state index in [1.54, 1.807) is 13.8 Å². The van der Waals surface area contributed by atoms with Crippen molar-refractivity contribution in [2.75, 3.05) is 0 Å². The minimum absolute atomic E-state index is 0.160. The zero-order chi connectivity index (χ0) is 12.0. The molecule has 0 aromatic heterocycles. The third kappa shape index (κ3) is 4.64. The van der Waals surface area contributed by atoms with Crippen molar-refractivity contribution in [3.63, 3.8) is 0 Å². The van der Waals surface area contributed by atoms with E-state index in [4.69, 9.17) is 0 Å². The van der Waals surface area contributed by atoms with Crippen LogP contribution in [0.3, 0.4) is 0 Å². The molecule has 0 saturated heterocycles. The first-order valence-electron chi connectivity index (χ1n) is 5.75. The molecule has 0 saturated carbocycles. The normalized spacial score (nSPS) is 20.6. The molecule has 0 aromatic rings. The highest BCUT2D eigenvalue weighted by Crippen LogP contribution is 2.22. The number of rotatable bonds is 5. The number of hydrogen-bond donors (Lipinski definition) is 3. The standard InChI is InChI=1S/C13H21NO2/c1-10(15)8-12(9-11(2)16)13-6-4-3-5-7-14-13/h3-7,10-12,14-16H,8-9H2,1-2H3. The molecule has 0 aliphatic carbocycles. The Morgan fingerprint density at radius 1 is 1.06 bits per heavy atom. The van der Waals surface area contributed by atoms with Crippen molar-refractivity contribution < 1.29 is 10.2 Å². The van der Waals surface area contributed by atoms with Gasteiger partial charge in [0.05, 0.1) is 12.2 Å². The van der Waals surface area contributed by atoms with Crippen molar-refractivity contribution in [1.29, 1.82) is 0 Å². The molecule has 1 aliphatic heterocycles. The maximum absolute atomic E-state index is 9.46. The highest BCUT2D eigenvalue weighted by Gasteiger charge is 2.18. The lowest BCUT2D eigenvalue weighted by molar-refractivity contribution is 0.129. The Balaban J connectivity index is 2.70. The van der Waals surface area contributed by atoms with E-state index in [0.29, 0.717) is 12.8 Å². The number of allylic oxidation sites excluding steroid dienone is 5. The second-order valence-electron chi connectivity index (χ2n) is 4.38. The smallest absolute Gasteiger partial charge is 0.0518 e. The van der Waals surface area contributed by atoms with E-state index in [1.807, 2.05) is 30.5 Å². The molecule has 0 spiro atoms. The molecule has 3 heteroatoms. The van der Waals surface area contributed by atoms with Crippen LogP contribution in [0.4, 0.5) is 0 Å². The average molecular weight is 223 g/mol. The third-order valence-electron chi connectivity index (χ3n) is 2.54. The van der Waals surface area contributed by atoms with Crippen LogP contribution in [-0.4, -0.2) is 22.4 Å². The van der Waals surface area contributed by atoms with Gasteiger partial charge in [-0.3, -0.25) is 0 Å². The van der Waals surface area contributed by atoms with Crippen LogP contribution in [-0.2, 0) is 0 Å². The van der Waals surface area contributed by atoms with Gasteiger partial charge in [0.1, 0.15) is 0 Å². The van der Waals surface area contributed by atoms with Crippen molar-refractivity contribution in [2.24, 2.45) is 5.92 Å². The van der Waals surface area contributed by atoms with Gasteiger partial charge in [-0.1, -0.05) is 12.2 Å². The monoisotopic (exact) mass is 223 g/mol. The van der Waals surface area contributed by atoms with Gasteiger partial charge in [-0.05, 0) is 38.8 Å². The van der Waals surface area contributed by atoms with Crippen molar-refractivity contribution in [3.8, 4) is 0 Å². The van der Waals surface area contributed by atoms with Gasteiger partial charge in [0.25, 0.3) is 0 Å². The summed E-state index contributed by atoms with van der Waals surface area (Å²) in [5.74, 6) is 0.160. The van der Waals surface area contributed by atoms with E-state index >= 15 is 0 Å². The van der Waals surface area contributed by atoms with Crippen LogP contribution in [0.1, 0.15) is 26.7 Å². The Bertz CT molecular complexity index is 280. The summed E-state index contributed by atoms with van der Waals surface area (Å²) in [6.45, 7) is 3.55. The summed E-state index contributed by atoms with van der Waals surface area (Å²) in [6, 6.07) is 0. The minimum Gasteiger partial charge on any atom is -0.393 e. The Morgan fingerprint density at radius 3 is 2.25 bits per heavy atom. The van der Waals surface area contributed by atoms with E-state index in [0.717, 1.165) is 5.70 Å². The van der Waals surface area contributed by atoms with E-state index in [2.05, 4.69) is 5.32 Å². The molecular formula is C13H21NO2. The van der Waals surface area contributed by atoms with Gasteiger partial charge in [-0.25, -0.2) is 0 Å². The lowest BCUT2D eigenvalue weighted by Gasteiger charge is -2.22. The molecule has 3 nitrogen and oxygen atoms in total. The Morgan fingerprint density at radius 2 is 1.69 bits per heavy atom. The molecule has 1 aliphatic rings. The summed E-state index contributed by atoms with van der Waals surface area (Å²) >= 11 is 0. The van der Waals surface area contributed by atoms with Crippen molar-refractivity contribution >= 4 is 0 Å². The van der Waals surface area contributed by atoms with Crippen LogP contribution < -0.4 is 5.32 Å². The molecule has 3 N–H and O–H groups in total. The van der Waals surface area contributed by atoms with Gasteiger partial charge in [0.2, 0.25) is 0 Å². The number of hydrogen-bond acceptors (Lipinski definition) is 3. The molecule has 1 heterocycles. The number of aliphatic hydroxyl groups is 2. The summed E-state index contributed by atoms with van der Waals surface area (Å²) in [5.41, 5.74) is 1.05. The van der Waals surface area contributed by atoms with Gasteiger partial charge < -0.3 is 15.5 Å². The molecule has 90 valence electrons. The SMILES string of the molecule is CC(O)CC(CC(C)O)C1=CC=CC=CN1. The fourth-order valence-electron chi connectivity index (χ4n) is 1.90. The molecule has 2 atom stereocenters. The summed E-state index contributed by atoms with van der Waals surface area (Å²) in [4.78, 5) is 0. The Labute approximate surface area is 97.2 Å². The molecular weight excluding hydrogens is 202 g/mol. The summed E-state index contributed by atoms with van der Waals surface area (Å²) in [6.07, 6.45) is 10.3. The topological polar surface area (TPSA) is 52.5 Å². The molecule has 16 heavy (non-hydrogen) atoms. The first-order valence-corrected chi connectivity index (χ1v) is 5.75. The van der Waals surface area contributed by atoms with Crippen LogP contribution >= 0.6 is 0 Å². The fourth-order valence-corrected chi connectivity index (χ4v) is 1.90. The first kappa shape index (κ1) is 13.0. The fraction of sp³-hybridized carbons (Fsp3) is 0.538. The highest BCUT2D eigenvalue weighted by atomic mass is 16.3. The van der Waals surface area contributed by atoms with Crippen molar-refractivity contribution in [1.82, 2.24) is 5.32 Å². The highest BCUT2D eigenvalue weighted by molar-refractivity contribution is 5.22. The molecule has 0 bridgehead atoms. The minimum atomic E-state index is -0.359. The number of aliphatic hydroxyl groups excluding tert-OH is 2. The summed E-state index contributed by atoms with van der Waals surface area (Å²) in [5, 5.41) is 22.1. The van der Waals surface area contributed by atoms with E-state index < -0.39 is 0 Å². The maximum Gasteiger partial charge on any atom is 0.0518 e. The molecule has 0 fully saturated rings. The first-order chi connectivity index (χ1) is 7.59. The average Bonchev–Trinajstić information content (AvgIpc) is 2.42. The van der Waals surface area contributed by atoms with Crippen molar-refractivity contribution in [3.05, 3.63) is 36.2 Å². The second kappa shape index (κ2) is 6.51. The van der Waals surface area contributed by atoms with Gasteiger partial charge >= 0.3 is 0 Å². The van der Waals surface area contributed by atoms with Gasteiger partial charge in [-0.2, -0.15) is 0 Å². The van der Waals surface area contributed by atoms with Crippen LogP contribution in [0.2, 0.25) is 0 Å². The zero-order valence-electron chi connectivity index (χ0n) is 9.93. The molecule has 0 radical (unpaired) electrons. The lowest BCUT2D eigenvalue weighted by Crippen LogP contribution is -2.23. The molecule has 0 aromatic carbocycles. The van der Waals surface area contributed by atoms with Crippen LogP contribution in [0.5, 0.6) is 0 Å². The van der Waals surface area contributed by atoms with Gasteiger partial charge in [-0.15, -0.1) is 0 Å². The van der Waals surface area contributed by atoms with E-state index in [9.17, 15) is 10.2 Å². The van der Waals surface area contributed by atoms with E-state index in [-0.39, 0.29) is 18.1 Å². The van der Waals surface area contributed by atoms with E-state index in [1.165, 1.54) is 0 Å². The Kier molecular flexibility index (Phi) is 5.29. The number of nitrogens with one attached hydrogen (secondary N) is 1. The Hall–Kier alpha value is -1.06. The second-order valence-corrected chi connectivity index (χ2v) is 4.38. The van der Waals surface area contributed by atoms with Gasteiger partial charge in [0, 0.05) is 17.8 Å². The van der Waals surface area contributed by atoms with Crippen LogP contribution in [0, 0.1) is 5.92 Å². The molecule has 2 unspecified atom stereocenters. The third-order valence-corrected chi connectivity index (χ3v) is 2.54. The molecule has 0 amide bonds. The van der Waals surface area contributed by atoms with Crippen LogP contribution in [0.15, 0.2) is 36.2 Å². The largest absolute Gasteiger partial charge is 0.393 e. The maximum atomic E-state index is 9.46.